The van der Waals surface area contributed by atoms with Crippen LogP contribution in [0.25, 0.3) is 0 Å². The van der Waals surface area contributed by atoms with E-state index < -0.39 is 0 Å². The van der Waals surface area contributed by atoms with Crippen LogP contribution in [0.5, 0.6) is 0 Å². The van der Waals surface area contributed by atoms with Crippen molar-refractivity contribution in [2.24, 2.45) is 11.8 Å². The fourth-order valence-corrected chi connectivity index (χ4v) is 7.09. The summed E-state index contributed by atoms with van der Waals surface area (Å²) < 4.78 is 1.27. The van der Waals surface area contributed by atoms with Crippen LogP contribution in [-0.4, -0.2) is 12.6 Å². The molecule has 3 heteroatoms. The lowest BCUT2D eigenvalue weighted by Crippen LogP contribution is -2.62. The Hall–Kier alpha value is 0.140. The van der Waals surface area contributed by atoms with Crippen LogP contribution in [0.4, 0.5) is 0 Å². The van der Waals surface area contributed by atoms with Crippen molar-refractivity contribution in [1.29, 1.82) is 0 Å². The maximum Gasteiger partial charge on any atom is 0.0285 e. The first-order valence-corrected chi connectivity index (χ1v) is 8.74. The minimum Gasteiger partial charge on any atom is -0.314 e. The lowest BCUT2D eigenvalue weighted by atomic mass is 9.46. The molecule has 0 saturated heterocycles. The largest absolute Gasteiger partial charge is 0.314 e. The molecule has 0 aliphatic heterocycles. The SMILES string of the molecule is CNC12CC3CC(C1)CC(c1cc(Br)cs1)(C3)C2. The van der Waals surface area contributed by atoms with E-state index in [0.717, 1.165) is 11.8 Å². The van der Waals surface area contributed by atoms with Crippen LogP contribution < -0.4 is 5.32 Å². The third kappa shape index (κ3) is 1.60. The third-order valence-electron chi connectivity index (χ3n) is 5.68. The minimum atomic E-state index is 0.459. The predicted molar refractivity (Wildman–Crippen MR) is 80.2 cm³/mol. The molecule has 2 atom stereocenters. The zero-order valence-electron chi connectivity index (χ0n) is 10.8. The second-order valence-electron chi connectivity index (χ2n) is 6.90. The Kier molecular flexibility index (Phi) is 2.54. The number of hydrogen-bond acceptors (Lipinski definition) is 2. The molecule has 4 fully saturated rings. The van der Waals surface area contributed by atoms with Crippen LogP contribution in [0.1, 0.15) is 43.4 Å². The van der Waals surface area contributed by atoms with Crippen LogP contribution in [0.3, 0.4) is 0 Å². The van der Waals surface area contributed by atoms with Crippen molar-refractivity contribution in [3.8, 4) is 0 Å². The van der Waals surface area contributed by atoms with E-state index in [4.69, 9.17) is 0 Å². The Morgan fingerprint density at radius 3 is 2.56 bits per heavy atom. The van der Waals surface area contributed by atoms with Gasteiger partial charge in [0.25, 0.3) is 0 Å². The Labute approximate surface area is 121 Å². The number of rotatable bonds is 2. The summed E-state index contributed by atoms with van der Waals surface area (Å²) in [5, 5.41) is 5.97. The summed E-state index contributed by atoms with van der Waals surface area (Å²) in [5.41, 5.74) is 0.963. The average molecular weight is 326 g/mol. The first-order chi connectivity index (χ1) is 8.63. The molecular weight excluding hydrogens is 306 g/mol. The molecule has 4 saturated carbocycles. The fraction of sp³-hybridized carbons (Fsp3) is 0.733. The van der Waals surface area contributed by atoms with E-state index >= 15 is 0 Å². The second kappa shape index (κ2) is 3.83. The van der Waals surface area contributed by atoms with Crippen molar-refractivity contribution < 1.29 is 0 Å². The summed E-state index contributed by atoms with van der Waals surface area (Å²) in [6.07, 6.45) is 8.61. The van der Waals surface area contributed by atoms with Gasteiger partial charge in [-0.1, -0.05) is 0 Å². The quantitative estimate of drug-likeness (QED) is 0.853. The van der Waals surface area contributed by atoms with Gasteiger partial charge < -0.3 is 5.32 Å². The van der Waals surface area contributed by atoms with E-state index in [1.165, 1.54) is 43.0 Å². The number of halogens is 1. The average Bonchev–Trinajstić information content (AvgIpc) is 2.75. The normalized spacial score (nSPS) is 45.7. The molecule has 98 valence electrons. The van der Waals surface area contributed by atoms with Gasteiger partial charge in [-0.15, -0.1) is 11.3 Å². The van der Waals surface area contributed by atoms with Gasteiger partial charge in [-0.05, 0) is 79.4 Å². The first kappa shape index (κ1) is 11.9. The van der Waals surface area contributed by atoms with Gasteiger partial charge in [0.2, 0.25) is 0 Å². The summed E-state index contributed by atoms with van der Waals surface area (Å²) in [6, 6.07) is 2.39. The van der Waals surface area contributed by atoms with Gasteiger partial charge in [0.15, 0.2) is 0 Å². The van der Waals surface area contributed by atoms with Crippen molar-refractivity contribution in [3.05, 3.63) is 20.8 Å². The molecule has 1 aromatic heterocycles. The number of nitrogens with one attached hydrogen (secondary N) is 1. The van der Waals surface area contributed by atoms with Crippen LogP contribution in [0.15, 0.2) is 15.9 Å². The number of thiophene rings is 1. The standard InChI is InChI=1S/C15H20BrNS/c1-17-15-6-10-2-11(7-15)5-14(4-10,9-15)13-3-12(16)8-18-13/h3,8,10-11,17H,2,4-7,9H2,1H3. The molecule has 1 heterocycles. The maximum absolute atomic E-state index is 3.70. The zero-order chi connectivity index (χ0) is 12.4. The summed E-state index contributed by atoms with van der Waals surface area (Å²) in [5.74, 6) is 1.94. The predicted octanol–water partition coefficient (Wildman–Crippen LogP) is 4.32. The van der Waals surface area contributed by atoms with E-state index in [0.29, 0.717) is 11.0 Å². The monoisotopic (exact) mass is 325 g/mol. The van der Waals surface area contributed by atoms with Gasteiger partial charge in [-0.3, -0.25) is 0 Å². The molecule has 0 radical (unpaired) electrons. The molecule has 1 N–H and O–H groups in total. The fourth-order valence-electron chi connectivity index (χ4n) is 5.43. The van der Waals surface area contributed by atoms with Crippen molar-refractivity contribution >= 4 is 27.3 Å². The molecule has 4 aliphatic rings. The molecular formula is C15H20BrNS. The summed E-state index contributed by atoms with van der Waals surface area (Å²) >= 11 is 5.61. The molecule has 4 aliphatic carbocycles. The van der Waals surface area contributed by atoms with E-state index in [1.54, 1.807) is 4.88 Å². The van der Waals surface area contributed by atoms with Crippen LogP contribution >= 0.6 is 27.3 Å². The smallest absolute Gasteiger partial charge is 0.0285 e. The van der Waals surface area contributed by atoms with Crippen LogP contribution in [0, 0.1) is 11.8 Å². The third-order valence-corrected chi connectivity index (χ3v) is 7.62. The highest BCUT2D eigenvalue weighted by Gasteiger charge is 2.58. The van der Waals surface area contributed by atoms with Crippen molar-refractivity contribution in [2.45, 2.75) is 49.5 Å². The first-order valence-electron chi connectivity index (χ1n) is 7.07. The van der Waals surface area contributed by atoms with Gasteiger partial charge in [-0.25, -0.2) is 0 Å². The number of hydrogen-bond donors (Lipinski definition) is 1. The van der Waals surface area contributed by atoms with E-state index in [-0.39, 0.29) is 0 Å². The highest BCUT2D eigenvalue weighted by molar-refractivity contribution is 9.10. The zero-order valence-corrected chi connectivity index (χ0v) is 13.2. The van der Waals surface area contributed by atoms with E-state index in [2.05, 4.69) is 39.7 Å². The molecule has 18 heavy (non-hydrogen) atoms. The van der Waals surface area contributed by atoms with Crippen molar-refractivity contribution in [2.75, 3.05) is 7.05 Å². The lowest BCUT2D eigenvalue weighted by molar-refractivity contribution is -0.0359. The lowest BCUT2D eigenvalue weighted by Gasteiger charge is -2.62. The van der Waals surface area contributed by atoms with E-state index in [1.807, 2.05) is 11.3 Å². The minimum absolute atomic E-state index is 0.459. The molecule has 5 rings (SSSR count). The molecule has 1 aromatic rings. The molecule has 0 amide bonds. The van der Waals surface area contributed by atoms with Crippen molar-refractivity contribution in [1.82, 2.24) is 5.32 Å². The van der Waals surface area contributed by atoms with Gasteiger partial charge >= 0.3 is 0 Å². The maximum atomic E-state index is 3.70. The Morgan fingerprint density at radius 2 is 2.00 bits per heavy atom. The molecule has 0 aromatic carbocycles. The Bertz CT molecular complexity index is 467. The highest BCUT2D eigenvalue weighted by atomic mass is 79.9. The van der Waals surface area contributed by atoms with Gasteiger partial charge in [0.1, 0.15) is 0 Å². The summed E-state index contributed by atoms with van der Waals surface area (Å²) in [4.78, 5) is 1.64. The van der Waals surface area contributed by atoms with Gasteiger partial charge in [0.05, 0.1) is 0 Å². The summed E-state index contributed by atoms with van der Waals surface area (Å²) in [7, 11) is 2.19. The Balaban J connectivity index is 1.77. The summed E-state index contributed by atoms with van der Waals surface area (Å²) in [6.45, 7) is 0. The Morgan fingerprint density at radius 1 is 1.28 bits per heavy atom. The molecule has 2 unspecified atom stereocenters. The topological polar surface area (TPSA) is 12.0 Å². The highest BCUT2D eigenvalue weighted by Crippen LogP contribution is 2.62. The van der Waals surface area contributed by atoms with E-state index in [9.17, 15) is 0 Å². The van der Waals surface area contributed by atoms with Crippen molar-refractivity contribution in [3.63, 3.8) is 0 Å². The van der Waals surface area contributed by atoms with Crippen LogP contribution in [-0.2, 0) is 5.41 Å². The molecule has 1 nitrogen and oxygen atoms in total. The molecule has 4 bridgehead atoms. The second-order valence-corrected chi connectivity index (χ2v) is 8.73. The van der Waals surface area contributed by atoms with Crippen LogP contribution in [0.2, 0.25) is 0 Å². The molecule has 0 spiro atoms. The van der Waals surface area contributed by atoms with Gasteiger partial charge in [0, 0.05) is 25.7 Å². The van der Waals surface area contributed by atoms with Gasteiger partial charge in [-0.2, -0.15) is 0 Å².